The lowest BCUT2D eigenvalue weighted by Crippen LogP contribution is -2.49. The molecule has 1 aromatic rings. The number of methoxy groups -OCH3 is 1. The monoisotopic (exact) mass is 448 g/mol. The number of hydrogen-bond donors (Lipinski definition) is 0. The molecule has 2 aliphatic rings. The van der Waals surface area contributed by atoms with E-state index in [0.29, 0.717) is 12.4 Å². The topological polar surface area (TPSA) is 59.1 Å². The first-order valence-corrected chi connectivity index (χ1v) is 11.8. The predicted molar refractivity (Wildman–Crippen MR) is 130 cm³/mol. The molecule has 6 heteroatoms. The summed E-state index contributed by atoms with van der Waals surface area (Å²) < 4.78 is 9.09. The Balaban J connectivity index is 0.000000390. The van der Waals surface area contributed by atoms with Crippen molar-refractivity contribution in [2.75, 3.05) is 46.9 Å². The fourth-order valence-corrected chi connectivity index (χ4v) is 3.95. The van der Waals surface area contributed by atoms with E-state index in [1.807, 2.05) is 39.8 Å². The maximum absolute atomic E-state index is 10.7. The van der Waals surface area contributed by atoms with Crippen LogP contribution in [0.1, 0.15) is 75.2 Å². The van der Waals surface area contributed by atoms with E-state index in [4.69, 9.17) is 0 Å². The van der Waals surface area contributed by atoms with Crippen molar-refractivity contribution in [1.29, 1.82) is 0 Å². The first kappa shape index (κ1) is 28.3. The smallest absolute Gasteiger partial charge is 0.293 e. The molecule has 182 valence electrons. The van der Waals surface area contributed by atoms with Gasteiger partial charge in [-0.2, -0.15) is 0 Å². The average molecular weight is 449 g/mol. The third-order valence-corrected chi connectivity index (χ3v) is 5.99. The number of benzene rings is 1. The summed E-state index contributed by atoms with van der Waals surface area (Å²) in [6, 6.07) is 8.99. The molecule has 0 unspecified atom stereocenters. The van der Waals surface area contributed by atoms with Gasteiger partial charge in [0.25, 0.3) is 6.47 Å². The van der Waals surface area contributed by atoms with Crippen molar-refractivity contribution < 1.29 is 19.1 Å². The van der Waals surface area contributed by atoms with Crippen LogP contribution >= 0.6 is 0 Å². The molecule has 0 radical (unpaired) electrons. The first-order chi connectivity index (χ1) is 15.2. The second kappa shape index (κ2) is 15.1. The zero-order valence-electron chi connectivity index (χ0n) is 21.0. The van der Waals surface area contributed by atoms with Gasteiger partial charge in [0.15, 0.2) is 0 Å². The van der Waals surface area contributed by atoms with Gasteiger partial charge in [0.1, 0.15) is 11.9 Å². The third kappa shape index (κ3) is 11.2. The standard InChI is InChI=1S/C18H26N2O.C5H10O2.C3H8O/c1-19-10-12-20(13-11-19)18-8-6-17(7-9-18)16-4-2-15(14-21)3-5-16;1-5(2,3)7-4-6;1-3-4-2/h2-5,14,17-18H,6-13H2,1H3;4H,1-3H3;3H2,1-2H3. The van der Waals surface area contributed by atoms with E-state index in [2.05, 4.69) is 38.5 Å². The molecule has 0 atom stereocenters. The van der Waals surface area contributed by atoms with Gasteiger partial charge in [0.2, 0.25) is 0 Å². The Hall–Kier alpha value is -1.76. The minimum atomic E-state index is -0.318. The van der Waals surface area contributed by atoms with E-state index in [-0.39, 0.29) is 5.60 Å². The highest BCUT2D eigenvalue weighted by Crippen LogP contribution is 2.35. The van der Waals surface area contributed by atoms with Crippen LogP contribution in [-0.4, -0.2) is 81.1 Å². The van der Waals surface area contributed by atoms with Crippen molar-refractivity contribution in [3.05, 3.63) is 35.4 Å². The highest BCUT2D eigenvalue weighted by atomic mass is 16.5. The van der Waals surface area contributed by atoms with Crippen molar-refractivity contribution in [2.24, 2.45) is 0 Å². The minimum absolute atomic E-state index is 0.318. The molecule has 0 N–H and O–H groups in total. The molecule has 1 aromatic carbocycles. The highest BCUT2D eigenvalue weighted by molar-refractivity contribution is 5.74. The van der Waals surface area contributed by atoms with Crippen LogP contribution in [0, 0.1) is 0 Å². The molecular formula is C26H44N2O4. The third-order valence-electron chi connectivity index (χ3n) is 5.99. The Morgan fingerprint density at radius 1 is 0.969 bits per heavy atom. The predicted octanol–water partition coefficient (Wildman–Crippen LogP) is 4.38. The Morgan fingerprint density at radius 2 is 1.50 bits per heavy atom. The second-order valence-electron chi connectivity index (χ2n) is 9.53. The van der Waals surface area contributed by atoms with Gasteiger partial charge in [-0.15, -0.1) is 0 Å². The summed E-state index contributed by atoms with van der Waals surface area (Å²) in [6.07, 6.45) is 6.15. The molecular weight excluding hydrogens is 404 g/mol. The summed E-state index contributed by atoms with van der Waals surface area (Å²) in [5.41, 5.74) is 1.88. The number of nitrogens with zero attached hydrogens (tertiary/aromatic N) is 2. The number of piperazine rings is 1. The maximum atomic E-state index is 10.7. The first-order valence-electron chi connectivity index (χ1n) is 11.8. The number of carbonyl (C=O) groups excluding carboxylic acids is 2. The van der Waals surface area contributed by atoms with Crippen LogP contribution in [-0.2, 0) is 14.3 Å². The Labute approximate surface area is 195 Å². The van der Waals surface area contributed by atoms with Crippen LogP contribution in [0.15, 0.2) is 24.3 Å². The summed E-state index contributed by atoms with van der Waals surface area (Å²) >= 11 is 0. The van der Waals surface area contributed by atoms with Crippen LogP contribution < -0.4 is 0 Å². The molecule has 1 aliphatic heterocycles. The molecule has 3 rings (SSSR count). The highest BCUT2D eigenvalue weighted by Gasteiger charge is 2.28. The number of rotatable bonds is 5. The lowest BCUT2D eigenvalue weighted by Gasteiger charge is -2.41. The summed E-state index contributed by atoms with van der Waals surface area (Å²) in [5.74, 6) is 0.689. The Morgan fingerprint density at radius 3 is 1.88 bits per heavy atom. The largest absolute Gasteiger partial charge is 0.462 e. The summed E-state index contributed by atoms with van der Waals surface area (Å²) in [4.78, 5) is 25.5. The molecule has 0 bridgehead atoms. The van der Waals surface area contributed by atoms with Crippen LogP contribution in [0.4, 0.5) is 0 Å². The minimum Gasteiger partial charge on any atom is -0.462 e. The zero-order chi connectivity index (χ0) is 24.0. The maximum Gasteiger partial charge on any atom is 0.293 e. The van der Waals surface area contributed by atoms with Crippen LogP contribution in [0.25, 0.3) is 0 Å². The van der Waals surface area contributed by atoms with E-state index >= 15 is 0 Å². The Kier molecular flexibility index (Phi) is 13.4. The van der Waals surface area contributed by atoms with Crippen molar-refractivity contribution in [3.63, 3.8) is 0 Å². The Bertz CT molecular complexity index is 624. The van der Waals surface area contributed by atoms with Gasteiger partial charge in [0.05, 0.1) is 0 Å². The lowest BCUT2D eigenvalue weighted by atomic mass is 9.81. The lowest BCUT2D eigenvalue weighted by molar-refractivity contribution is -0.138. The second-order valence-corrected chi connectivity index (χ2v) is 9.53. The molecule has 1 aliphatic carbocycles. The fourth-order valence-electron chi connectivity index (χ4n) is 3.95. The van der Waals surface area contributed by atoms with E-state index in [9.17, 15) is 9.59 Å². The summed E-state index contributed by atoms with van der Waals surface area (Å²) in [7, 11) is 3.90. The quantitative estimate of drug-likeness (QED) is 0.623. The van der Waals surface area contributed by atoms with Crippen molar-refractivity contribution >= 4 is 12.8 Å². The molecule has 0 spiro atoms. The SMILES string of the molecule is CC(C)(C)OC=O.CCOC.CN1CCN(C2CCC(c3ccc(C=O)cc3)CC2)CC1. The average Bonchev–Trinajstić information content (AvgIpc) is 2.80. The molecule has 1 saturated carbocycles. The van der Waals surface area contributed by atoms with Crippen LogP contribution in [0.2, 0.25) is 0 Å². The van der Waals surface area contributed by atoms with Crippen molar-refractivity contribution in [2.45, 2.75) is 70.9 Å². The summed E-state index contributed by atoms with van der Waals surface area (Å²) in [6.45, 7) is 13.6. The van der Waals surface area contributed by atoms with Crippen molar-refractivity contribution in [1.82, 2.24) is 9.80 Å². The molecule has 1 heterocycles. The van der Waals surface area contributed by atoms with Gasteiger partial charge < -0.3 is 14.4 Å². The van der Waals surface area contributed by atoms with Gasteiger partial charge in [-0.3, -0.25) is 14.5 Å². The molecule has 1 saturated heterocycles. The van der Waals surface area contributed by atoms with Gasteiger partial charge in [-0.25, -0.2) is 0 Å². The number of carbonyl (C=O) groups is 2. The van der Waals surface area contributed by atoms with Gasteiger partial charge >= 0.3 is 0 Å². The number of aldehydes is 1. The molecule has 2 fully saturated rings. The number of hydrogen-bond acceptors (Lipinski definition) is 6. The zero-order valence-corrected chi connectivity index (χ0v) is 21.0. The van der Waals surface area contributed by atoms with E-state index in [0.717, 1.165) is 24.5 Å². The normalized spacial score (nSPS) is 21.9. The van der Waals surface area contributed by atoms with Crippen molar-refractivity contribution in [3.8, 4) is 0 Å². The molecule has 6 nitrogen and oxygen atoms in total. The van der Waals surface area contributed by atoms with E-state index in [1.165, 1.54) is 57.4 Å². The van der Waals surface area contributed by atoms with Gasteiger partial charge in [-0.05, 0) is 71.9 Å². The summed E-state index contributed by atoms with van der Waals surface area (Å²) in [5, 5.41) is 0. The van der Waals surface area contributed by atoms with Gasteiger partial charge in [0, 0.05) is 51.5 Å². The number of ether oxygens (including phenoxy) is 2. The van der Waals surface area contributed by atoms with Gasteiger partial charge in [-0.1, -0.05) is 24.3 Å². The molecule has 32 heavy (non-hydrogen) atoms. The van der Waals surface area contributed by atoms with Crippen LogP contribution in [0.5, 0.6) is 0 Å². The fraction of sp³-hybridized carbons (Fsp3) is 0.692. The van der Waals surface area contributed by atoms with E-state index in [1.54, 1.807) is 7.11 Å². The number of likely N-dealkylation sites (N-methyl/N-ethyl adjacent to an activating group) is 1. The molecule has 0 aromatic heterocycles. The molecule has 0 amide bonds. The van der Waals surface area contributed by atoms with E-state index < -0.39 is 0 Å². The van der Waals surface area contributed by atoms with Crippen LogP contribution in [0.3, 0.4) is 0 Å².